The van der Waals surface area contributed by atoms with Crippen molar-refractivity contribution in [3.8, 4) is 0 Å². The van der Waals surface area contributed by atoms with Gasteiger partial charge in [-0.2, -0.15) is 5.10 Å². The van der Waals surface area contributed by atoms with Gasteiger partial charge in [0.1, 0.15) is 11.6 Å². The Balaban J connectivity index is 2.55. The van der Waals surface area contributed by atoms with Crippen LogP contribution in [-0.2, 0) is 23.0 Å². The number of aryl methyl sites for hydroxylation is 2. The van der Waals surface area contributed by atoms with Gasteiger partial charge in [-0.3, -0.25) is 4.68 Å². The Labute approximate surface area is 117 Å². The van der Waals surface area contributed by atoms with Gasteiger partial charge < -0.3 is 15.2 Å². The van der Waals surface area contributed by atoms with Gasteiger partial charge >= 0.3 is 12.1 Å². The van der Waals surface area contributed by atoms with Gasteiger partial charge in [0, 0.05) is 18.9 Å². The Morgan fingerprint density at radius 1 is 1.50 bits per heavy atom. The summed E-state index contributed by atoms with van der Waals surface area (Å²) in [6, 6.07) is 0.826. The molecule has 0 fully saturated rings. The molecule has 1 heterocycles. The van der Waals surface area contributed by atoms with Crippen LogP contribution in [0.5, 0.6) is 0 Å². The Kier molecular flexibility index (Phi) is 5.12. The molecule has 0 bridgehead atoms. The van der Waals surface area contributed by atoms with E-state index >= 15 is 0 Å². The number of hydrogen-bond acceptors (Lipinski definition) is 4. The van der Waals surface area contributed by atoms with Crippen LogP contribution >= 0.6 is 0 Å². The summed E-state index contributed by atoms with van der Waals surface area (Å²) < 4.78 is 6.72. The number of nitrogens with zero attached hydrogens (tertiary/aromatic N) is 2. The Bertz CT molecular complexity index is 476. The molecule has 20 heavy (non-hydrogen) atoms. The van der Waals surface area contributed by atoms with Crippen LogP contribution in [0.15, 0.2) is 12.3 Å². The van der Waals surface area contributed by atoms with Gasteiger partial charge in [-0.1, -0.05) is 0 Å². The van der Waals surface area contributed by atoms with Gasteiger partial charge in [0.15, 0.2) is 0 Å². The fourth-order valence-corrected chi connectivity index (χ4v) is 1.65. The molecule has 0 radical (unpaired) electrons. The topological polar surface area (TPSA) is 93.5 Å². The van der Waals surface area contributed by atoms with Crippen molar-refractivity contribution in [1.82, 2.24) is 15.1 Å². The molecule has 7 nitrogen and oxygen atoms in total. The number of ether oxygens (including phenoxy) is 1. The second kappa shape index (κ2) is 6.40. The third-order valence-electron chi connectivity index (χ3n) is 2.60. The predicted octanol–water partition coefficient (Wildman–Crippen LogP) is 1.33. The van der Waals surface area contributed by atoms with E-state index < -0.39 is 23.7 Å². The predicted molar refractivity (Wildman–Crippen MR) is 72.3 cm³/mol. The first kappa shape index (κ1) is 16.0. The summed E-state index contributed by atoms with van der Waals surface area (Å²) in [6.07, 6.45) is 1.69. The molecule has 0 aliphatic rings. The quantitative estimate of drug-likeness (QED) is 0.850. The maximum absolute atomic E-state index is 11.6. The molecule has 0 aliphatic carbocycles. The molecule has 2 N–H and O–H groups in total. The lowest BCUT2D eigenvalue weighted by Crippen LogP contribution is -2.43. The maximum Gasteiger partial charge on any atom is 0.408 e. The lowest BCUT2D eigenvalue weighted by atomic mass is 10.1. The third kappa shape index (κ3) is 5.29. The van der Waals surface area contributed by atoms with E-state index in [4.69, 9.17) is 9.84 Å². The van der Waals surface area contributed by atoms with Crippen molar-refractivity contribution in [1.29, 1.82) is 0 Å². The first-order valence-corrected chi connectivity index (χ1v) is 6.38. The molecular weight excluding hydrogens is 262 g/mol. The molecule has 0 spiro atoms. The lowest BCUT2D eigenvalue weighted by molar-refractivity contribution is -0.139. The largest absolute Gasteiger partial charge is 0.480 e. The van der Waals surface area contributed by atoms with E-state index in [-0.39, 0.29) is 6.42 Å². The summed E-state index contributed by atoms with van der Waals surface area (Å²) >= 11 is 0. The summed E-state index contributed by atoms with van der Waals surface area (Å²) in [7, 11) is 1.78. The van der Waals surface area contributed by atoms with Crippen LogP contribution in [0.3, 0.4) is 0 Å². The van der Waals surface area contributed by atoms with E-state index in [9.17, 15) is 9.59 Å². The first-order valence-electron chi connectivity index (χ1n) is 6.38. The van der Waals surface area contributed by atoms with Crippen LogP contribution < -0.4 is 5.32 Å². The molecule has 0 saturated heterocycles. The Hall–Kier alpha value is -2.05. The van der Waals surface area contributed by atoms with E-state index in [0.29, 0.717) is 6.42 Å². The summed E-state index contributed by atoms with van der Waals surface area (Å²) in [5, 5.41) is 15.5. The van der Waals surface area contributed by atoms with Crippen molar-refractivity contribution in [2.45, 2.75) is 45.3 Å². The number of hydrogen-bond donors (Lipinski definition) is 2. The van der Waals surface area contributed by atoms with E-state index in [0.717, 1.165) is 5.69 Å². The highest BCUT2D eigenvalue weighted by Crippen LogP contribution is 2.08. The normalized spacial score (nSPS) is 12.8. The molecular formula is C13H21N3O4. The summed E-state index contributed by atoms with van der Waals surface area (Å²) in [5.74, 6) is -1.09. The van der Waals surface area contributed by atoms with Crippen LogP contribution in [0.1, 0.15) is 32.9 Å². The molecule has 1 rings (SSSR count). The maximum atomic E-state index is 11.6. The van der Waals surface area contributed by atoms with E-state index in [2.05, 4.69) is 10.4 Å². The number of alkyl carbamates (subject to hydrolysis) is 1. The smallest absolute Gasteiger partial charge is 0.408 e. The zero-order valence-corrected chi connectivity index (χ0v) is 12.2. The van der Waals surface area contributed by atoms with Gasteiger partial charge in [0.2, 0.25) is 0 Å². The highest BCUT2D eigenvalue weighted by Gasteiger charge is 2.23. The number of carboxylic acid groups (broad SMARTS) is 1. The van der Waals surface area contributed by atoms with Crippen molar-refractivity contribution in [3.63, 3.8) is 0 Å². The molecule has 1 amide bonds. The van der Waals surface area contributed by atoms with Crippen LogP contribution in [0.25, 0.3) is 0 Å². The fourth-order valence-electron chi connectivity index (χ4n) is 1.65. The van der Waals surface area contributed by atoms with Gasteiger partial charge in [0.25, 0.3) is 0 Å². The number of nitrogens with one attached hydrogen (secondary N) is 1. The minimum Gasteiger partial charge on any atom is -0.480 e. The lowest BCUT2D eigenvalue weighted by Gasteiger charge is -2.22. The monoisotopic (exact) mass is 283 g/mol. The molecule has 0 aromatic carbocycles. The molecule has 112 valence electrons. The minimum atomic E-state index is -1.09. The van der Waals surface area contributed by atoms with Crippen LogP contribution in [0.4, 0.5) is 4.79 Å². The Morgan fingerprint density at radius 3 is 2.60 bits per heavy atom. The van der Waals surface area contributed by atoms with Crippen molar-refractivity contribution in [2.75, 3.05) is 0 Å². The molecule has 1 aromatic rings. The number of carbonyl (C=O) groups is 2. The third-order valence-corrected chi connectivity index (χ3v) is 2.60. The number of aliphatic carboxylic acids is 1. The number of aromatic nitrogens is 2. The van der Waals surface area contributed by atoms with Crippen molar-refractivity contribution in [2.24, 2.45) is 7.05 Å². The van der Waals surface area contributed by atoms with Crippen molar-refractivity contribution < 1.29 is 19.4 Å². The summed E-state index contributed by atoms with van der Waals surface area (Å²) in [6.45, 7) is 5.16. The standard InChI is InChI=1S/C13H21N3O4/c1-13(2,3)20-12(19)15-10(11(17)18)6-5-9-7-8-14-16(9)4/h7-8,10H,5-6H2,1-4H3,(H,15,19)(H,17,18). The average Bonchev–Trinajstić information content (AvgIpc) is 2.67. The molecule has 1 atom stereocenters. The van der Waals surface area contributed by atoms with Crippen molar-refractivity contribution >= 4 is 12.1 Å². The second-order valence-electron chi connectivity index (χ2n) is 5.52. The number of carbonyl (C=O) groups excluding carboxylic acids is 1. The van der Waals surface area contributed by atoms with Crippen molar-refractivity contribution in [3.05, 3.63) is 18.0 Å². The van der Waals surface area contributed by atoms with Gasteiger partial charge in [-0.05, 0) is 39.7 Å². The molecule has 0 aliphatic heterocycles. The van der Waals surface area contributed by atoms with Crippen LogP contribution in [0.2, 0.25) is 0 Å². The zero-order valence-electron chi connectivity index (χ0n) is 12.2. The molecule has 0 saturated carbocycles. The van der Waals surface area contributed by atoms with Crippen LogP contribution in [-0.4, -0.2) is 38.6 Å². The highest BCUT2D eigenvalue weighted by atomic mass is 16.6. The highest BCUT2D eigenvalue weighted by molar-refractivity contribution is 5.79. The van der Waals surface area contributed by atoms with E-state index in [1.807, 2.05) is 6.07 Å². The van der Waals surface area contributed by atoms with Gasteiger partial charge in [-0.15, -0.1) is 0 Å². The number of carboxylic acids is 1. The Morgan fingerprint density at radius 2 is 2.15 bits per heavy atom. The van der Waals surface area contributed by atoms with E-state index in [1.54, 1.807) is 38.7 Å². The molecule has 1 unspecified atom stereocenters. The minimum absolute atomic E-state index is 0.272. The van der Waals surface area contributed by atoms with Gasteiger partial charge in [0.05, 0.1) is 0 Å². The SMILES string of the molecule is Cn1nccc1CCC(NC(=O)OC(C)(C)C)C(=O)O. The average molecular weight is 283 g/mol. The fraction of sp³-hybridized carbons (Fsp3) is 0.615. The van der Waals surface area contributed by atoms with E-state index in [1.165, 1.54) is 0 Å². The van der Waals surface area contributed by atoms with Crippen LogP contribution in [0, 0.1) is 0 Å². The zero-order chi connectivity index (χ0) is 15.3. The summed E-state index contributed by atoms with van der Waals surface area (Å²) in [5.41, 5.74) is 0.247. The number of amides is 1. The molecule has 1 aromatic heterocycles. The summed E-state index contributed by atoms with van der Waals surface area (Å²) in [4.78, 5) is 22.7. The number of rotatable bonds is 5. The molecule has 7 heteroatoms. The second-order valence-corrected chi connectivity index (χ2v) is 5.52. The first-order chi connectivity index (χ1) is 9.19. The van der Waals surface area contributed by atoms with Gasteiger partial charge in [-0.25, -0.2) is 9.59 Å².